The normalized spacial score (nSPS) is 26.1. The Labute approximate surface area is 118 Å². The molecule has 5 nitrogen and oxygen atoms in total. The van der Waals surface area contributed by atoms with Crippen molar-refractivity contribution in [3.8, 4) is 0 Å². The number of fused-ring (bicyclic) bond motifs is 1. The number of carboxylic acid groups (broad SMARTS) is 1. The minimum Gasteiger partial charge on any atom is -0.476 e. The van der Waals surface area contributed by atoms with Crippen LogP contribution in [0, 0.1) is 5.92 Å². The molecule has 1 aromatic heterocycles. The molecule has 0 radical (unpaired) electrons. The second-order valence-electron chi connectivity index (χ2n) is 6.04. The second kappa shape index (κ2) is 5.48. The van der Waals surface area contributed by atoms with Crippen LogP contribution < -0.4 is 5.32 Å². The van der Waals surface area contributed by atoms with Gasteiger partial charge in [-0.15, -0.1) is 0 Å². The molecule has 0 spiro atoms. The highest BCUT2D eigenvalue weighted by molar-refractivity contribution is 5.87. The van der Waals surface area contributed by atoms with Gasteiger partial charge in [-0.2, -0.15) is 0 Å². The van der Waals surface area contributed by atoms with Crippen LogP contribution >= 0.6 is 0 Å². The van der Waals surface area contributed by atoms with Gasteiger partial charge in [0.05, 0.1) is 5.69 Å². The lowest BCUT2D eigenvalue weighted by molar-refractivity contribution is 0.0687. The van der Waals surface area contributed by atoms with E-state index in [0.717, 1.165) is 48.8 Å². The van der Waals surface area contributed by atoms with Crippen LogP contribution in [0.2, 0.25) is 0 Å². The van der Waals surface area contributed by atoms with E-state index in [1.165, 1.54) is 12.8 Å². The summed E-state index contributed by atoms with van der Waals surface area (Å²) in [4.78, 5) is 20.5. The second-order valence-corrected chi connectivity index (χ2v) is 6.04. The van der Waals surface area contributed by atoms with Crippen molar-refractivity contribution >= 4 is 5.97 Å². The first-order valence-electron chi connectivity index (χ1n) is 7.49. The molecular weight excluding hydrogens is 254 g/mol. The molecule has 0 saturated heterocycles. The number of nitrogens with one attached hydrogen (secondary N) is 1. The van der Waals surface area contributed by atoms with Gasteiger partial charge < -0.3 is 10.4 Å². The molecule has 1 fully saturated rings. The van der Waals surface area contributed by atoms with E-state index >= 15 is 0 Å². The molecule has 0 aromatic carbocycles. The number of hydrogen-bond donors (Lipinski definition) is 2. The Kier molecular flexibility index (Phi) is 3.70. The van der Waals surface area contributed by atoms with Crippen molar-refractivity contribution in [3.05, 3.63) is 22.8 Å². The first kappa shape index (κ1) is 13.5. The summed E-state index contributed by atoms with van der Waals surface area (Å²) < 4.78 is 0. The highest BCUT2D eigenvalue weighted by atomic mass is 16.4. The quantitative estimate of drug-likeness (QED) is 0.864. The van der Waals surface area contributed by atoms with E-state index in [4.69, 9.17) is 4.98 Å². The lowest BCUT2D eigenvalue weighted by atomic mass is 9.82. The molecule has 5 heteroatoms. The fourth-order valence-corrected chi connectivity index (χ4v) is 3.24. The first-order valence-corrected chi connectivity index (χ1v) is 7.49. The van der Waals surface area contributed by atoms with Crippen LogP contribution in [0.25, 0.3) is 0 Å². The summed E-state index contributed by atoms with van der Waals surface area (Å²) in [6.45, 7) is 3.71. The lowest BCUT2D eigenvalue weighted by Crippen LogP contribution is -2.29. The monoisotopic (exact) mass is 275 g/mol. The molecule has 2 N–H and O–H groups in total. The highest BCUT2D eigenvalue weighted by Crippen LogP contribution is 2.34. The van der Waals surface area contributed by atoms with Gasteiger partial charge in [0.1, 0.15) is 5.82 Å². The van der Waals surface area contributed by atoms with Crippen LogP contribution in [0.4, 0.5) is 0 Å². The molecular formula is C15H21N3O2. The molecule has 3 rings (SSSR count). The third kappa shape index (κ3) is 2.54. The predicted molar refractivity (Wildman–Crippen MR) is 74.8 cm³/mol. The van der Waals surface area contributed by atoms with Crippen LogP contribution in [-0.2, 0) is 13.0 Å². The van der Waals surface area contributed by atoms with Crippen molar-refractivity contribution in [1.82, 2.24) is 15.3 Å². The summed E-state index contributed by atoms with van der Waals surface area (Å²) >= 11 is 0. The first-order chi connectivity index (χ1) is 9.65. The minimum atomic E-state index is -0.933. The van der Waals surface area contributed by atoms with E-state index in [-0.39, 0.29) is 5.69 Å². The zero-order chi connectivity index (χ0) is 14.1. The zero-order valence-electron chi connectivity index (χ0n) is 11.9. The standard InChI is InChI=1S/C15H21N3O2/c1-9-2-4-10(5-3-9)14-17-12-6-7-16-8-11(12)13(18-14)15(19)20/h9-10,16H,2-8H2,1H3,(H,19,20). The maximum atomic E-state index is 11.4. The van der Waals surface area contributed by atoms with Gasteiger partial charge in [-0.05, 0) is 18.8 Å². The zero-order valence-corrected chi connectivity index (χ0v) is 11.9. The highest BCUT2D eigenvalue weighted by Gasteiger charge is 2.27. The van der Waals surface area contributed by atoms with E-state index in [0.29, 0.717) is 12.5 Å². The fourth-order valence-electron chi connectivity index (χ4n) is 3.24. The van der Waals surface area contributed by atoms with E-state index in [1.54, 1.807) is 0 Å². The number of rotatable bonds is 2. The smallest absolute Gasteiger partial charge is 0.354 e. The van der Waals surface area contributed by atoms with E-state index < -0.39 is 5.97 Å². The third-order valence-corrected chi connectivity index (χ3v) is 4.53. The molecule has 0 bridgehead atoms. The number of aromatic carboxylic acids is 1. The molecule has 108 valence electrons. The van der Waals surface area contributed by atoms with Crippen molar-refractivity contribution in [1.29, 1.82) is 0 Å². The van der Waals surface area contributed by atoms with Gasteiger partial charge in [0, 0.05) is 31.0 Å². The van der Waals surface area contributed by atoms with Crippen molar-refractivity contribution in [3.63, 3.8) is 0 Å². The van der Waals surface area contributed by atoms with Crippen LogP contribution in [0.3, 0.4) is 0 Å². The van der Waals surface area contributed by atoms with E-state index in [1.807, 2.05) is 0 Å². The summed E-state index contributed by atoms with van der Waals surface area (Å²) in [5.41, 5.74) is 1.91. The van der Waals surface area contributed by atoms with Crippen LogP contribution in [0.15, 0.2) is 0 Å². The number of hydrogen-bond acceptors (Lipinski definition) is 4. The number of carbonyl (C=O) groups is 1. The Morgan fingerprint density at radius 2 is 2.00 bits per heavy atom. The van der Waals surface area contributed by atoms with E-state index in [2.05, 4.69) is 17.2 Å². The van der Waals surface area contributed by atoms with Gasteiger partial charge in [-0.25, -0.2) is 14.8 Å². The van der Waals surface area contributed by atoms with Crippen molar-refractivity contribution in [2.75, 3.05) is 6.54 Å². The van der Waals surface area contributed by atoms with Gasteiger partial charge in [0.15, 0.2) is 5.69 Å². The summed E-state index contributed by atoms with van der Waals surface area (Å²) in [6.07, 6.45) is 5.34. The van der Waals surface area contributed by atoms with Gasteiger partial charge in [0.25, 0.3) is 0 Å². The van der Waals surface area contributed by atoms with Crippen LogP contribution in [-0.4, -0.2) is 27.6 Å². The minimum absolute atomic E-state index is 0.204. The van der Waals surface area contributed by atoms with Crippen molar-refractivity contribution < 1.29 is 9.90 Å². The Morgan fingerprint density at radius 1 is 1.25 bits per heavy atom. The molecule has 1 saturated carbocycles. The van der Waals surface area contributed by atoms with Crippen LogP contribution in [0.5, 0.6) is 0 Å². The predicted octanol–water partition coefficient (Wildman–Crippen LogP) is 2.11. The Bertz CT molecular complexity index is 522. The maximum Gasteiger partial charge on any atom is 0.354 e. The Hall–Kier alpha value is -1.49. The molecule has 20 heavy (non-hydrogen) atoms. The van der Waals surface area contributed by atoms with Crippen molar-refractivity contribution in [2.24, 2.45) is 5.92 Å². The maximum absolute atomic E-state index is 11.4. The van der Waals surface area contributed by atoms with E-state index in [9.17, 15) is 9.90 Å². The number of aromatic nitrogens is 2. The topological polar surface area (TPSA) is 75.1 Å². The summed E-state index contributed by atoms with van der Waals surface area (Å²) in [6, 6.07) is 0. The Balaban J connectivity index is 1.95. The molecule has 0 amide bonds. The SMILES string of the molecule is CC1CCC(c2nc3c(c(C(=O)O)n2)CNCC3)CC1. The molecule has 1 aliphatic heterocycles. The van der Waals surface area contributed by atoms with Crippen molar-refractivity contribution in [2.45, 2.75) is 51.5 Å². The molecule has 0 atom stereocenters. The van der Waals surface area contributed by atoms with Gasteiger partial charge >= 0.3 is 5.97 Å². The van der Waals surface area contributed by atoms with Gasteiger partial charge in [-0.3, -0.25) is 0 Å². The number of nitrogens with zero attached hydrogens (tertiary/aromatic N) is 2. The summed E-state index contributed by atoms with van der Waals surface area (Å²) in [7, 11) is 0. The molecule has 1 aliphatic carbocycles. The molecule has 0 unspecified atom stereocenters. The average molecular weight is 275 g/mol. The third-order valence-electron chi connectivity index (χ3n) is 4.53. The fraction of sp³-hybridized carbons (Fsp3) is 0.667. The average Bonchev–Trinajstić information content (AvgIpc) is 2.46. The van der Waals surface area contributed by atoms with Crippen LogP contribution in [0.1, 0.15) is 66.1 Å². The largest absolute Gasteiger partial charge is 0.476 e. The number of carboxylic acids is 1. The van der Waals surface area contributed by atoms with Gasteiger partial charge in [-0.1, -0.05) is 19.8 Å². The lowest BCUT2D eigenvalue weighted by Gasteiger charge is -2.26. The summed E-state index contributed by atoms with van der Waals surface area (Å²) in [5.74, 6) is 0.934. The van der Waals surface area contributed by atoms with Gasteiger partial charge in [0.2, 0.25) is 0 Å². The summed E-state index contributed by atoms with van der Waals surface area (Å²) in [5, 5.41) is 12.6. The molecule has 1 aromatic rings. The molecule has 2 aliphatic rings. The Morgan fingerprint density at radius 3 is 2.70 bits per heavy atom. The molecule has 2 heterocycles.